The summed E-state index contributed by atoms with van der Waals surface area (Å²) in [6.07, 6.45) is 0.651. The molecule has 5 heteroatoms. The Morgan fingerprint density at radius 2 is 1.94 bits per heavy atom. The maximum absolute atomic E-state index is 11.6. The number of carbonyl (C=O) groups excluding carboxylic acids is 2. The molecule has 0 saturated carbocycles. The van der Waals surface area contributed by atoms with Gasteiger partial charge in [-0.05, 0) is 39.8 Å². The molecule has 0 aromatic carbocycles. The number of aryl methyl sites for hydroxylation is 1. The van der Waals surface area contributed by atoms with Crippen LogP contribution in [0, 0.1) is 6.92 Å². The van der Waals surface area contributed by atoms with Crippen LogP contribution in [-0.4, -0.2) is 22.6 Å². The third-order valence-corrected chi connectivity index (χ3v) is 1.79. The molecule has 0 bridgehead atoms. The summed E-state index contributed by atoms with van der Waals surface area (Å²) < 4.78 is 4.96. The molecule has 0 aliphatic heterocycles. The molecule has 0 aliphatic rings. The van der Waals surface area contributed by atoms with Crippen molar-refractivity contribution < 1.29 is 14.3 Å². The first kappa shape index (κ1) is 13.2. The fraction of sp³-hybridized carbons (Fsp3) is 0.417. The van der Waals surface area contributed by atoms with E-state index in [1.807, 2.05) is 6.92 Å². The zero-order valence-corrected chi connectivity index (χ0v) is 10.4. The largest absolute Gasteiger partial charge is 0.444 e. The lowest BCUT2D eigenvalue weighted by Crippen LogP contribution is -2.36. The lowest BCUT2D eigenvalue weighted by atomic mass is 10.2. The summed E-state index contributed by atoms with van der Waals surface area (Å²) in [5.74, 6) is -0.522. The second-order valence-electron chi connectivity index (χ2n) is 4.64. The minimum atomic E-state index is -0.761. The van der Waals surface area contributed by atoms with Gasteiger partial charge in [0.05, 0.1) is 5.56 Å². The Kier molecular flexibility index (Phi) is 3.83. The lowest BCUT2D eigenvalue weighted by molar-refractivity contribution is 0.0508. The van der Waals surface area contributed by atoms with Crippen LogP contribution in [0.3, 0.4) is 0 Å². The first-order valence-electron chi connectivity index (χ1n) is 5.25. The first-order chi connectivity index (χ1) is 7.78. The molecular formula is C12H16N2O3. The zero-order chi connectivity index (χ0) is 13.1. The van der Waals surface area contributed by atoms with E-state index in [2.05, 4.69) is 10.3 Å². The van der Waals surface area contributed by atoms with Gasteiger partial charge in [-0.3, -0.25) is 15.1 Å². The number of imide groups is 1. The maximum atomic E-state index is 11.6. The van der Waals surface area contributed by atoms with Gasteiger partial charge in [-0.1, -0.05) is 0 Å². The van der Waals surface area contributed by atoms with E-state index in [0.29, 0.717) is 5.56 Å². The Labute approximate surface area is 100 Å². The van der Waals surface area contributed by atoms with Crippen LogP contribution < -0.4 is 5.32 Å². The third-order valence-electron chi connectivity index (χ3n) is 1.79. The van der Waals surface area contributed by atoms with E-state index in [0.717, 1.165) is 5.69 Å². The predicted octanol–water partition coefficient (Wildman–Crippen LogP) is 2.05. The predicted molar refractivity (Wildman–Crippen MR) is 62.7 cm³/mol. The molecule has 1 aromatic rings. The van der Waals surface area contributed by atoms with E-state index in [4.69, 9.17) is 4.74 Å². The van der Waals surface area contributed by atoms with Crippen molar-refractivity contribution in [2.24, 2.45) is 0 Å². The van der Waals surface area contributed by atoms with E-state index >= 15 is 0 Å². The van der Waals surface area contributed by atoms with Gasteiger partial charge in [-0.2, -0.15) is 0 Å². The molecule has 0 unspecified atom stereocenters. The molecule has 1 N–H and O–H groups in total. The summed E-state index contributed by atoms with van der Waals surface area (Å²) in [6, 6.07) is 3.30. The summed E-state index contributed by atoms with van der Waals surface area (Å²) in [6.45, 7) is 7.00. The molecule has 0 fully saturated rings. The molecule has 0 aliphatic carbocycles. The van der Waals surface area contributed by atoms with Crippen LogP contribution in [0.25, 0.3) is 0 Å². The van der Waals surface area contributed by atoms with E-state index in [1.165, 1.54) is 6.20 Å². The summed E-state index contributed by atoms with van der Waals surface area (Å²) in [7, 11) is 0. The Bertz CT molecular complexity index is 418. The van der Waals surface area contributed by atoms with E-state index in [-0.39, 0.29) is 0 Å². The van der Waals surface area contributed by atoms with Gasteiger partial charge in [0, 0.05) is 11.9 Å². The Morgan fingerprint density at radius 3 is 2.41 bits per heavy atom. The number of amides is 2. The van der Waals surface area contributed by atoms with Gasteiger partial charge in [-0.15, -0.1) is 0 Å². The third kappa shape index (κ3) is 4.63. The zero-order valence-electron chi connectivity index (χ0n) is 10.4. The van der Waals surface area contributed by atoms with Crippen LogP contribution in [0.1, 0.15) is 36.8 Å². The molecule has 1 aromatic heterocycles. The number of ether oxygens (including phenoxy) is 1. The number of aromatic nitrogens is 1. The fourth-order valence-electron chi connectivity index (χ4n) is 1.07. The number of nitrogens with zero attached hydrogens (tertiary/aromatic N) is 1. The first-order valence-corrected chi connectivity index (χ1v) is 5.25. The molecule has 1 heterocycles. The van der Waals surface area contributed by atoms with Crippen LogP contribution in [-0.2, 0) is 4.74 Å². The van der Waals surface area contributed by atoms with Gasteiger partial charge in [0.15, 0.2) is 0 Å². The van der Waals surface area contributed by atoms with Crippen molar-refractivity contribution in [2.75, 3.05) is 0 Å². The van der Waals surface area contributed by atoms with Crippen molar-refractivity contribution in [3.63, 3.8) is 0 Å². The second-order valence-corrected chi connectivity index (χ2v) is 4.64. The SMILES string of the molecule is Cc1ccc(C(=O)NC(=O)OC(C)(C)C)cn1. The summed E-state index contributed by atoms with van der Waals surface area (Å²) >= 11 is 0. The quantitative estimate of drug-likeness (QED) is 0.810. The van der Waals surface area contributed by atoms with Crippen LogP contribution in [0.5, 0.6) is 0 Å². The maximum Gasteiger partial charge on any atom is 0.414 e. The van der Waals surface area contributed by atoms with Crippen LogP contribution in [0.2, 0.25) is 0 Å². The van der Waals surface area contributed by atoms with E-state index in [9.17, 15) is 9.59 Å². The Morgan fingerprint density at radius 1 is 1.29 bits per heavy atom. The number of rotatable bonds is 1. The highest BCUT2D eigenvalue weighted by Crippen LogP contribution is 2.07. The molecule has 5 nitrogen and oxygen atoms in total. The second kappa shape index (κ2) is 4.95. The number of hydrogen-bond acceptors (Lipinski definition) is 4. The van der Waals surface area contributed by atoms with Crippen LogP contribution >= 0.6 is 0 Å². The minimum absolute atomic E-state index is 0.321. The highest BCUT2D eigenvalue weighted by atomic mass is 16.6. The Hall–Kier alpha value is -1.91. The van der Waals surface area contributed by atoms with Crippen molar-refractivity contribution in [1.29, 1.82) is 0 Å². The van der Waals surface area contributed by atoms with Crippen molar-refractivity contribution in [1.82, 2.24) is 10.3 Å². The van der Waals surface area contributed by atoms with Crippen molar-refractivity contribution in [3.05, 3.63) is 29.6 Å². The number of carbonyl (C=O) groups is 2. The Balaban J connectivity index is 2.61. The van der Waals surface area contributed by atoms with Gasteiger partial charge < -0.3 is 4.74 Å². The standard InChI is InChI=1S/C12H16N2O3/c1-8-5-6-9(7-13-8)10(15)14-11(16)17-12(2,3)4/h5-7H,1-4H3,(H,14,15,16). The molecule has 0 spiro atoms. The highest BCUT2D eigenvalue weighted by Gasteiger charge is 2.18. The average molecular weight is 236 g/mol. The molecule has 0 atom stereocenters. The van der Waals surface area contributed by atoms with E-state index < -0.39 is 17.6 Å². The summed E-state index contributed by atoms with van der Waals surface area (Å²) in [5, 5.41) is 2.13. The minimum Gasteiger partial charge on any atom is -0.444 e. The van der Waals surface area contributed by atoms with Crippen LogP contribution in [0.4, 0.5) is 4.79 Å². The molecule has 17 heavy (non-hydrogen) atoms. The van der Waals surface area contributed by atoms with Gasteiger partial charge >= 0.3 is 6.09 Å². The molecule has 2 amide bonds. The monoisotopic (exact) mass is 236 g/mol. The number of nitrogens with one attached hydrogen (secondary N) is 1. The number of pyridine rings is 1. The van der Waals surface area contributed by atoms with Gasteiger partial charge in [0.2, 0.25) is 0 Å². The lowest BCUT2D eigenvalue weighted by Gasteiger charge is -2.19. The fourth-order valence-corrected chi connectivity index (χ4v) is 1.07. The topological polar surface area (TPSA) is 68.3 Å². The van der Waals surface area contributed by atoms with Crippen molar-refractivity contribution in [2.45, 2.75) is 33.3 Å². The summed E-state index contributed by atoms with van der Waals surface area (Å²) in [5.41, 5.74) is 0.496. The molecule has 0 radical (unpaired) electrons. The molecule has 1 rings (SSSR count). The van der Waals surface area contributed by atoms with E-state index in [1.54, 1.807) is 32.9 Å². The molecule has 0 saturated heterocycles. The molecular weight excluding hydrogens is 220 g/mol. The number of hydrogen-bond donors (Lipinski definition) is 1. The van der Waals surface area contributed by atoms with Gasteiger partial charge in [-0.25, -0.2) is 4.79 Å². The normalized spacial score (nSPS) is 10.8. The average Bonchev–Trinajstić information content (AvgIpc) is 2.15. The summed E-state index contributed by atoms with van der Waals surface area (Å²) in [4.78, 5) is 26.9. The number of alkyl carbamates (subject to hydrolysis) is 1. The molecule has 92 valence electrons. The van der Waals surface area contributed by atoms with Gasteiger partial charge in [0.1, 0.15) is 5.60 Å². The van der Waals surface area contributed by atoms with Crippen molar-refractivity contribution in [3.8, 4) is 0 Å². The highest BCUT2D eigenvalue weighted by molar-refractivity contribution is 6.02. The smallest absolute Gasteiger partial charge is 0.414 e. The van der Waals surface area contributed by atoms with Crippen molar-refractivity contribution >= 4 is 12.0 Å². The van der Waals surface area contributed by atoms with Crippen LogP contribution in [0.15, 0.2) is 18.3 Å². The van der Waals surface area contributed by atoms with Gasteiger partial charge in [0.25, 0.3) is 5.91 Å².